The third kappa shape index (κ3) is 3.20. The maximum absolute atomic E-state index is 13.2. The van der Waals surface area contributed by atoms with Crippen LogP contribution >= 0.6 is 0 Å². The van der Waals surface area contributed by atoms with Gasteiger partial charge in [-0.1, -0.05) is 0 Å². The minimum absolute atomic E-state index is 0.0707. The number of carbonyl (C=O) groups excluding carboxylic acids is 1. The van der Waals surface area contributed by atoms with Crippen molar-refractivity contribution >= 4 is 5.91 Å². The van der Waals surface area contributed by atoms with Crippen molar-refractivity contribution in [2.45, 2.75) is 38.5 Å². The molecule has 0 aliphatic carbocycles. The monoisotopic (exact) mass is 304 g/mol. The lowest BCUT2D eigenvalue weighted by Gasteiger charge is -2.32. The maximum Gasteiger partial charge on any atom is 0.433 e. The van der Waals surface area contributed by atoms with Crippen LogP contribution in [0.15, 0.2) is 6.20 Å². The molecule has 1 aromatic heterocycles. The fourth-order valence-electron chi connectivity index (χ4n) is 2.65. The Morgan fingerprint density at radius 2 is 2.24 bits per heavy atom. The van der Waals surface area contributed by atoms with Crippen molar-refractivity contribution in [2.24, 2.45) is 0 Å². The third-order valence-electron chi connectivity index (χ3n) is 3.75. The van der Waals surface area contributed by atoms with Crippen LogP contribution in [-0.2, 0) is 12.7 Å². The smallest absolute Gasteiger partial charge is 0.337 e. The van der Waals surface area contributed by atoms with Crippen LogP contribution in [0.1, 0.15) is 35.8 Å². The number of halogens is 3. The largest absolute Gasteiger partial charge is 0.433 e. The Kier molecular flexibility index (Phi) is 4.55. The molecule has 0 radical (unpaired) electrons. The second-order valence-electron chi connectivity index (χ2n) is 5.10. The number of hydrogen-bond acceptors (Lipinski definition) is 3. The van der Waals surface area contributed by atoms with E-state index < -0.39 is 17.8 Å². The Labute approximate surface area is 121 Å². The van der Waals surface area contributed by atoms with Crippen LogP contribution in [0.4, 0.5) is 13.2 Å². The molecule has 0 unspecified atom stereocenters. The maximum atomic E-state index is 13.2. The van der Waals surface area contributed by atoms with E-state index in [9.17, 15) is 18.0 Å². The number of amides is 1. The number of aryl methyl sites for hydroxylation is 1. The second kappa shape index (κ2) is 6.05. The third-order valence-corrected chi connectivity index (χ3v) is 3.75. The molecule has 8 heteroatoms. The molecule has 0 aromatic carbocycles. The predicted molar refractivity (Wildman–Crippen MR) is 70.9 cm³/mol. The molecular formula is C13H19F3N4O. The first kappa shape index (κ1) is 15.8. The van der Waals surface area contributed by atoms with Crippen LogP contribution in [0, 0.1) is 0 Å². The first-order chi connectivity index (χ1) is 9.88. The van der Waals surface area contributed by atoms with Gasteiger partial charge in [-0.05, 0) is 26.8 Å². The van der Waals surface area contributed by atoms with Gasteiger partial charge in [0.25, 0.3) is 5.91 Å². The molecule has 2 rings (SSSR count). The van der Waals surface area contributed by atoms with Gasteiger partial charge >= 0.3 is 6.18 Å². The van der Waals surface area contributed by atoms with Gasteiger partial charge in [0.2, 0.25) is 0 Å². The number of aromatic nitrogens is 2. The Balaban J connectivity index is 2.29. The van der Waals surface area contributed by atoms with E-state index in [0.29, 0.717) is 13.1 Å². The molecule has 5 nitrogen and oxygen atoms in total. The summed E-state index contributed by atoms with van der Waals surface area (Å²) < 4.78 is 40.3. The molecular weight excluding hydrogens is 285 g/mol. The number of piperidine rings is 1. The summed E-state index contributed by atoms with van der Waals surface area (Å²) >= 11 is 0. The van der Waals surface area contributed by atoms with Crippen molar-refractivity contribution in [1.82, 2.24) is 20.0 Å². The highest BCUT2D eigenvalue weighted by Gasteiger charge is 2.41. The van der Waals surface area contributed by atoms with Gasteiger partial charge in [-0.15, -0.1) is 0 Å². The van der Waals surface area contributed by atoms with Gasteiger partial charge in [0.15, 0.2) is 5.69 Å². The van der Waals surface area contributed by atoms with Gasteiger partial charge in [0.05, 0.1) is 11.8 Å². The summed E-state index contributed by atoms with van der Waals surface area (Å²) in [6.45, 7) is 2.53. The minimum atomic E-state index is -4.59. The number of carbonyl (C=O) groups is 1. The number of likely N-dealkylation sites (tertiary alicyclic amines) is 1. The van der Waals surface area contributed by atoms with E-state index in [-0.39, 0.29) is 18.2 Å². The van der Waals surface area contributed by atoms with Crippen LogP contribution in [0.3, 0.4) is 0 Å². The van der Waals surface area contributed by atoms with Crippen LogP contribution in [0.5, 0.6) is 0 Å². The summed E-state index contributed by atoms with van der Waals surface area (Å²) in [4.78, 5) is 13.9. The minimum Gasteiger partial charge on any atom is -0.337 e. The lowest BCUT2D eigenvalue weighted by atomic mass is 10.0. The highest BCUT2D eigenvalue weighted by atomic mass is 19.4. The van der Waals surface area contributed by atoms with Crippen LogP contribution in [0.25, 0.3) is 0 Å². The predicted octanol–water partition coefficient (Wildman–Crippen LogP) is 1.75. The molecule has 0 bridgehead atoms. The van der Waals surface area contributed by atoms with Gasteiger partial charge in [0.1, 0.15) is 0 Å². The molecule has 2 heterocycles. The summed E-state index contributed by atoms with van der Waals surface area (Å²) in [6.07, 6.45) is -1.87. The second-order valence-corrected chi connectivity index (χ2v) is 5.10. The molecule has 21 heavy (non-hydrogen) atoms. The highest BCUT2D eigenvalue weighted by molar-refractivity contribution is 5.95. The lowest BCUT2D eigenvalue weighted by Crippen LogP contribution is -2.47. The number of alkyl halides is 3. The van der Waals surface area contributed by atoms with E-state index in [1.807, 2.05) is 0 Å². The first-order valence-electron chi connectivity index (χ1n) is 6.98. The van der Waals surface area contributed by atoms with Crippen molar-refractivity contribution in [3.8, 4) is 0 Å². The molecule has 1 amide bonds. The zero-order valence-corrected chi connectivity index (χ0v) is 12.1. The summed E-state index contributed by atoms with van der Waals surface area (Å²) in [6, 6.07) is 0.123. The molecule has 1 N–H and O–H groups in total. The van der Waals surface area contributed by atoms with Crippen molar-refractivity contribution in [3.63, 3.8) is 0 Å². The Bertz CT molecular complexity index is 512. The number of nitrogens with one attached hydrogen (secondary N) is 1. The van der Waals surface area contributed by atoms with Gasteiger partial charge in [-0.2, -0.15) is 18.3 Å². The first-order valence-corrected chi connectivity index (χ1v) is 6.98. The summed E-state index contributed by atoms with van der Waals surface area (Å²) in [7, 11) is 1.79. The number of nitrogens with zero attached hydrogens (tertiary/aromatic N) is 3. The molecule has 1 saturated heterocycles. The fourth-order valence-corrected chi connectivity index (χ4v) is 2.65. The molecule has 1 aliphatic rings. The van der Waals surface area contributed by atoms with E-state index in [0.717, 1.165) is 23.7 Å². The zero-order valence-electron chi connectivity index (χ0n) is 12.1. The van der Waals surface area contributed by atoms with E-state index in [4.69, 9.17) is 0 Å². The molecule has 1 aromatic rings. The van der Waals surface area contributed by atoms with Crippen LogP contribution in [-0.4, -0.2) is 46.8 Å². The molecule has 0 spiro atoms. The fraction of sp³-hybridized carbons (Fsp3) is 0.692. The average molecular weight is 304 g/mol. The number of rotatable bonds is 3. The number of hydrogen-bond donors (Lipinski definition) is 1. The highest BCUT2D eigenvalue weighted by Crippen LogP contribution is 2.32. The molecule has 118 valence electrons. The summed E-state index contributed by atoms with van der Waals surface area (Å²) in [5, 5.41) is 6.75. The van der Waals surface area contributed by atoms with E-state index in [1.165, 1.54) is 4.90 Å². The molecule has 0 saturated carbocycles. The SMILES string of the molecule is CCn1ncc(C(=O)N2CCC[C@H](NC)C2)c1C(F)(F)F. The quantitative estimate of drug-likeness (QED) is 0.925. The van der Waals surface area contributed by atoms with Crippen LogP contribution < -0.4 is 5.32 Å². The Morgan fingerprint density at radius 1 is 1.52 bits per heavy atom. The normalized spacial score (nSPS) is 19.9. The van der Waals surface area contributed by atoms with Crippen molar-refractivity contribution in [3.05, 3.63) is 17.5 Å². The standard InChI is InChI=1S/C13H19F3N4O/c1-3-20-11(13(14,15)16)10(7-18-20)12(21)19-6-4-5-9(8-19)17-2/h7,9,17H,3-6,8H2,1-2H3/t9-/m0/s1. The Hall–Kier alpha value is -1.57. The molecule has 1 atom stereocenters. The van der Waals surface area contributed by atoms with Crippen molar-refractivity contribution in [2.75, 3.05) is 20.1 Å². The average Bonchev–Trinajstić information content (AvgIpc) is 2.90. The summed E-state index contributed by atoms with van der Waals surface area (Å²) in [5.74, 6) is -0.595. The summed E-state index contributed by atoms with van der Waals surface area (Å²) in [5.41, 5.74) is -1.32. The lowest BCUT2D eigenvalue weighted by molar-refractivity contribution is -0.144. The zero-order chi connectivity index (χ0) is 15.6. The van der Waals surface area contributed by atoms with Crippen molar-refractivity contribution < 1.29 is 18.0 Å². The number of likely N-dealkylation sites (N-methyl/N-ethyl adjacent to an activating group) is 1. The van der Waals surface area contributed by atoms with E-state index in [1.54, 1.807) is 14.0 Å². The van der Waals surface area contributed by atoms with Gasteiger partial charge < -0.3 is 10.2 Å². The van der Waals surface area contributed by atoms with Gasteiger partial charge in [0, 0.05) is 25.7 Å². The van der Waals surface area contributed by atoms with Crippen molar-refractivity contribution in [1.29, 1.82) is 0 Å². The van der Waals surface area contributed by atoms with Crippen LogP contribution in [0.2, 0.25) is 0 Å². The van der Waals surface area contributed by atoms with Gasteiger partial charge in [-0.3, -0.25) is 9.48 Å². The van der Waals surface area contributed by atoms with E-state index >= 15 is 0 Å². The molecule has 1 aliphatic heterocycles. The van der Waals surface area contributed by atoms with E-state index in [2.05, 4.69) is 10.4 Å². The van der Waals surface area contributed by atoms with Gasteiger partial charge in [-0.25, -0.2) is 0 Å². The topological polar surface area (TPSA) is 50.2 Å². The molecule has 1 fully saturated rings. The Morgan fingerprint density at radius 3 is 2.81 bits per heavy atom.